The zero-order valence-electron chi connectivity index (χ0n) is 17.8. The summed E-state index contributed by atoms with van der Waals surface area (Å²) in [6.45, 7) is 4.34. The third-order valence-corrected chi connectivity index (χ3v) is 7.32. The van der Waals surface area contributed by atoms with Crippen molar-refractivity contribution in [2.75, 3.05) is 0 Å². The Bertz CT molecular complexity index is 983. The van der Waals surface area contributed by atoms with Gasteiger partial charge in [0, 0.05) is 16.0 Å². The first kappa shape index (κ1) is 21.4. The molecule has 0 nitrogen and oxygen atoms in total. The molecule has 3 aliphatic carbocycles. The Morgan fingerprint density at radius 1 is 0.700 bits per heavy atom. The monoisotopic (exact) mass is 418 g/mol. The van der Waals surface area contributed by atoms with E-state index < -0.39 is 23.6 Å². The minimum Gasteiger partial charge on any atom is -0.234 e. The van der Waals surface area contributed by atoms with E-state index in [9.17, 15) is 13.2 Å². The summed E-state index contributed by atoms with van der Waals surface area (Å²) in [7, 11) is 0. The third kappa shape index (κ3) is 4.02. The Hall–Kier alpha value is -1.84. The third-order valence-electron chi connectivity index (χ3n) is 7.32. The van der Waals surface area contributed by atoms with Gasteiger partial charge in [0.25, 0.3) is 0 Å². The lowest BCUT2D eigenvalue weighted by atomic mass is 9.77. The van der Waals surface area contributed by atoms with Crippen molar-refractivity contribution in [3.8, 4) is 0 Å². The number of rotatable bonds is 1. The van der Waals surface area contributed by atoms with Gasteiger partial charge < -0.3 is 0 Å². The standard InChI is InChI=1S/C26H30F4/c1-15-3-7-17(8-4-15)19-11-13-21(25(29)23(19)27)22-14-12-20(24(28)26(22)30)18-9-5-16(2)6-10-18/h11-17,25H,3-10H2,1-2H3/b20-18?,22-21-. The molecule has 2 saturated carbocycles. The predicted octanol–water partition coefficient (Wildman–Crippen LogP) is 6.43. The highest BCUT2D eigenvalue weighted by Crippen LogP contribution is 2.39. The fourth-order valence-corrected chi connectivity index (χ4v) is 5.18. The first-order valence-electron chi connectivity index (χ1n) is 11.3. The summed E-state index contributed by atoms with van der Waals surface area (Å²) in [6.07, 6.45) is 8.07. The van der Waals surface area contributed by atoms with Crippen molar-refractivity contribution in [2.24, 2.45) is 17.8 Å². The van der Waals surface area contributed by atoms with Crippen LogP contribution in [0.4, 0.5) is 17.6 Å². The summed E-state index contributed by atoms with van der Waals surface area (Å²) >= 11 is 0. The van der Waals surface area contributed by atoms with Crippen molar-refractivity contribution in [2.45, 2.75) is 71.4 Å². The second kappa shape index (κ2) is 8.72. The largest absolute Gasteiger partial charge is 0.234 e. The van der Waals surface area contributed by atoms with Gasteiger partial charge >= 0.3 is 0 Å². The second-order valence-corrected chi connectivity index (χ2v) is 9.49. The molecule has 3 aliphatic rings. The molecule has 4 rings (SSSR count). The van der Waals surface area contributed by atoms with Crippen LogP contribution in [0.25, 0.3) is 11.1 Å². The van der Waals surface area contributed by atoms with Gasteiger partial charge in [-0.3, -0.25) is 0 Å². The molecule has 0 saturated heterocycles. The molecule has 0 spiro atoms. The van der Waals surface area contributed by atoms with Crippen LogP contribution < -0.4 is 10.4 Å². The molecule has 0 aliphatic heterocycles. The average Bonchev–Trinajstić information content (AvgIpc) is 2.74. The molecule has 4 heteroatoms. The summed E-state index contributed by atoms with van der Waals surface area (Å²) < 4.78 is 59.7. The second-order valence-electron chi connectivity index (χ2n) is 9.49. The molecule has 1 aromatic carbocycles. The normalized spacial score (nSPS) is 32.0. The molecule has 0 aromatic heterocycles. The summed E-state index contributed by atoms with van der Waals surface area (Å²) in [5.74, 6) is -1.66. The minimum atomic E-state index is -2.05. The van der Waals surface area contributed by atoms with Gasteiger partial charge in [0.2, 0.25) is 0 Å². The molecule has 0 bridgehead atoms. The number of benzene rings is 1. The van der Waals surface area contributed by atoms with Crippen LogP contribution in [0.1, 0.15) is 65.2 Å². The van der Waals surface area contributed by atoms with Crippen molar-refractivity contribution >= 4 is 11.1 Å². The van der Waals surface area contributed by atoms with Gasteiger partial charge in [0.15, 0.2) is 17.8 Å². The quantitative estimate of drug-likeness (QED) is 0.461. The lowest BCUT2D eigenvalue weighted by molar-refractivity contribution is 0.309. The molecule has 1 aromatic rings. The minimum absolute atomic E-state index is 0.00584. The zero-order chi connectivity index (χ0) is 21.4. The topological polar surface area (TPSA) is 0 Å². The Morgan fingerprint density at radius 2 is 1.23 bits per heavy atom. The van der Waals surface area contributed by atoms with Crippen LogP contribution in [0, 0.1) is 29.4 Å². The van der Waals surface area contributed by atoms with E-state index in [1.807, 2.05) is 0 Å². The molecular formula is C26H30F4. The van der Waals surface area contributed by atoms with Crippen LogP contribution in [0.5, 0.6) is 0 Å². The van der Waals surface area contributed by atoms with Crippen LogP contribution in [0.3, 0.4) is 0 Å². The molecule has 1 unspecified atom stereocenters. The highest BCUT2D eigenvalue weighted by Gasteiger charge is 2.31. The lowest BCUT2D eigenvalue weighted by Crippen LogP contribution is -2.27. The Balaban J connectivity index is 1.70. The molecule has 162 valence electrons. The van der Waals surface area contributed by atoms with Gasteiger partial charge in [-0.1, -0.05) is 56.5 Å². The fourth-order valence-electron chi connectivity index (χ4n) is 5.18. The van der Waals surface area contributed by atoms with E-state index in [4.69, 9.17) is 0 Å². The molecule has 2 fully saturated rings. The van der Waals surface area contributed by atoms with Crippen LogP contribution in [-0.4, -0.2) is 6.17 Å². The van der Waals surface area contributed by atoms with E-state index in [1.54, 1.807) is 6.08 Å². The Kier molecular flexibility index (Phi) is 6.22. The molecule has 0 amide bonds. The number of halogens is 4. The van der Waals surface area contributed by atoms with E-state index in [0.29, 0.717) is 17.4 Å². The molecule has 0 N–H and O–H groups in total. The maximum atomic E-state index is 15.0. The summed E-state index contributed by atoms with van der Waals surface area (Å²) in [5.41, 5.74) is 1.17. The Labute approximate surface area is 176 Å². The van der Waals surface area contributed by atoms with Crippen LogP contribution in [0.15, 0.2) is 35.7 Å². The number of allylic oxidation sites excluding steroid dienone is 4. The van der Waals surface area contributed by atoms with Gasteiger partial charge in [0.05, 0.1) is 0 Å². The number of hydrogen-bond donors (Lipinski definition) is 0. The van der Waals surface area contributed by atoms with Gasteiger partial charge in [-0.15, -0.1) is 0 Å². The van der Waals surface area contributed by atoms with Crippen LogP contribution in [-0.2, 0) is 0 Å². The highest BCUT2D eigenvalue weighted by molar-refractivity contribution is 5.68. The number of alkyl halides is 1. The summed E-state index contributed by atoms with van der Waals surface area (Å²) in [5, 5.41) is 0.100. The molecular weight excluding hydrogens is 388 g/mol. The van der Waals surface area contributed by atoms with Crippen molar-refractivity contribution in [3.63, 3.8) is 0 Å². The van der Waals surface area contributed by atoms with E-state index >= 15 is 4.39 Å². The zero-order valence-corrected chi connectivity index (χ0v) is 17.8. The van der Waals surface area contributed by atoms with Crippen molar-refractivity contribution in [3.05, 3.63) is 57.8 Å². The lowest BCUT2D eigenvalue weighted by Gasteiger charge is -2.29. The number of hydrogen-bond acceptors (Lipinski definition) is 0. The van der Waals surface area contributed by atoms with E-state index in [0.717, 1.165) is 56.9 Å². The first-order chi connectivity index (χ1) is 14.4. The first-order valence-corrected chi connectivity index (χ1v) is 11.3. The summed E-state index contributed by atoms with van der Waals surface area (Å²) in [6, 6.07) is 2.94. The average molecular weight is 419 g/mol. The van der Waals surface area contributed by atoms with Crippen molar-refractivity contribution in [1.29, 1.82) is 0 Å². The van der Waals surface area contributed by atoms with Gasteiger partial charge in [0.1, 0.15) is 5.83 Å². The maximum Gasteiger partial charge on any atom is 0.177 e. The van der Waals surface area contributed by atoms with Gasteiger partial charge in [-0.25, -0.2) is 17.6 Å². The molecule has 0 heterocycles. The smallest absolute Gasteiger partial charge is 0.177 e. The van der Waals surface area contributed by atoms with E-state index in [-0.39, 0.29) is 21.9 Å². The van der Waals surface area contributed by atoms with Gasteiger partial charge in [-0.2, -0.15) is 0 Å². The van der Waals surface area contributed by atoms with Crippen LogP contribution >= 0.6 is 0 Å². The Morgan fingerprint density at radius 3 is 1.90 bits per heavy atom. The molecule has 1 atom stereocenters. The molecule has 30 heavy (non-hydrogen) atoms. The maximum absolute atomic E-state index is 15.0. The van der Waals surface area contributed by atoms with Gasteiger partial charge in [-0.05, 0) is 61.9 Å². The van der Waals surface area contributed by atoms with Crippen LogP contribution in [0.2, 0.25) is 0 Å². The van der Waals surface area contributed by atoms with E-state index in [2.05, 4.69) is 13.8 Å². The van der Waals surface area contributed by atoms with E-state index in [1.165, 1.54) is 18.2 Å². The fraction of sp³-hybridized carbons (Fsp3) is 0.538. The summed E-state index contributed by atoms with van der Waals surface area (Å²) in [4.78, 5) is 0. The SMILES string of the molecule is CC1CCC(=c2cc/c(=C3\C=CC(C4CCC(C)CC4)=C(F)C3F)c(F)c2F)CC1. The van der Waals surface area contributed by atoms with Crippen molar-refractivity contribution < 1.29 is 17.6 Å². The predicted molar refractivity (Wildman–Crippen MR) is 113 cm³/mol. The molecule has 0 radical (unpaired) electrons. The van der Waals surface area contributed by atoms with Crippen molar-refractivity contribution in [1.82, 2.24) is 0 Å². The highest BCUT2D eigenvalue weighted by atomic mass is 19.2.